The summed E-state index contributed by atoms with van der Waals surface area (Å²) in [7, 11) is 0. The van der Waals surface area contributed by atoms with E-state index in [1.807, 2.05) is 0 Å². The predicted molar refractivity (Wildman–Crippen MR) is 29.6 cm³/mol. The van der Waals surface area contributed by atoms with Crippen LogP contribution in [0.15, 0.2) is 0 Å². The Bertz CT molecular complexity index is 55.1. The van der Waals surface area contributed by atoms with Crippen LogP contribution in [0, 0.1) is 5.41 Å². The van der Waals surface area contributed by atoms with Gasteiger partial charge in [0.05, 0.1) is 13.2 Å². The summed E-state index contributed by atoms with van der Waals surface area (Å²) in [5, 5.41) is 0. The lowest BCUT2D eigenvalue weighted by molar-refractivity contribution is -0.0892. The van der Waals surface area contributed by atoms with Crippen molar-refractivity contribution >= 4 is 0 Å². The monoisotopic (exact) mass is 103 g/mol. The van der Waals surface area contributed by atoms with E-state index in [0.29, 0.717) is 5.41 Å². The third-order valence-corrected chi connectivity index (χ3v) is 0.986. The van der Waals surface area contributed by atoms with Crippen molar-refractivity contribution < 1.29 is 4.74 Å². The summed E-state index contributed by atoms with van der Waals surface area (Å²) in [6.45, 7) is 6.31. The Kier molecular flexibility index (Phi) is 1.78. The van der Waals surface area contributed by atoms with Gasteiger partial charge in [-0.15, -0.1) is 0 Å². The first-order chi connectivity index (χ1) is 2.71. The van der Waals surface area contributed by atoms with Crippen molar-refractivity contribution in [2.24, 2.45) is 5.41 Å². The van der Waals surface area contributed by atoms with Crippen LogP contribution in [-0.2, 0) is 4.74 Å². The summed E-state index contributed by atoms with van der Waals surface area (Å²) >= 11 is 0. The zero-order chi connectivity index (χ0) is 4.62. The molecular weight excluding hydrogens is 90.1 g/mol. The van der Waals surface area contributed by atoms with Gasteiger partial charge in [-0.3, -0.25) is 0 Å². The van der Waals surface area contributed by atoms with E-state index in [9.17, 15) is 0 Å². The van der Waals surface area contributed by atoms with Gasteiger partial charge < -0.3 is 10.9 Å². The molecule has 0 aromatic heterocycles. The zero-order valence-electron chi connectivity index (χ0n) is 5.03. The van der Waals surface area contributed by atoms with Gasteiger partial charge in [-0.25, -0.2) is 0 Å². The lowest BCUT2D eigenvalue weighted by atomic mass is 9.92. The van der Waals surface area contributed by atoms with Gasteiger partial charge in [0.1, 0.15) is 0 Å². The molecule has 0 saturated carbocycles. The molecule has 1 aliphatic rings. The number of hydrogen-bond acceptors (Lipinski definition) is 2. The van der Waals surface area contributed by atoms with E-state index < -0.39 is 0 Å². The molecule has 2 heteroatoms. The first-order valence-electron chi connectivity index (χ1n) is 2.28. The van der Waals surface area contributed by atoms with Crippen LogP contribution in [0.4, 0.5) is 0 Å². The van der Waals surface area contributed by atoms with Crippen LogP contribution < -0.4 is 6.15 Å². The van der Waals surface area contributed by atoms with Crippen LogP contribution in [0.3, 0.4) is 0 Å². The number of ether oxygens (including phenoxy) is 1. The SMILES string of the molecule is CC1(C)COC1.N. The average Bonchev–Trinajstić information content (AvgIpc) is 1.32. The van der Waals surface area contributed by atoms with E-state index in [1.54, 1.807) is 0 Å². The van der Waals surface area contributed by atoms with E-state index in [1.165, 1.54) is 0 Å². The lowest BCUT2D eigenvalue weighted by Crippen LogP contribution is -2.36. The molecule has 0 aromatic carbocycles. The minimum absolute atomic E-state index is 0. The summed E-state index contributed by atoms with van der Waals surface area (Å²) in [5.41, 5.74) is 0.500. The number of hydrogen-bond donors (Lipinski definition) is 1. The molecule has 0 spiro atoms. The zero-order valence-corrected chi connectivity index (χ0v) is 5.03. The van der Waals surface area contributed by atoms with E-state index >= 15 is 0 Å². The van der Waals surface area contributed by atoms with Crippen molar-refractivity contribution in [3.05, 3.63) is 0 Å². The highest BCUT2D eigenvalue weighted by Crippen LogP contribution is 2.24. The Morgan fingerprint density at radius 1 is 1.29 bits per heavy atom. The maximum Gasteiger partial charge on any atom is 0.0539 e. The van der Waals surface area contributed by atoms with Crippen LogP contribution in [0.2, 0.25) is 0 Å². The second-order valence-electron chi connectivity index (χ2n) is 2.66. The van der Waals surface area contributed by atoms with Crippen LogP contribution in [-0.4, -0.2) is 13.2 Å². The van der Waals surface area contributed by atoms with Crippen LogP contribution in [0.1, 0.15) is 13.8 Å². The maximum atomic E-state index is 4.94. The molecular formula is C5H13NO. The summed E-state index contributed by atoms with van der Waals surface area (Å²) < 4.78 is 4.94. The molecule has 2 nitrogen and oxygen atoms in total. The molecule has 0 bridgehead atoms. The molecule has 0 radical (unpaired) electrons. The smallest absolute Gasteiger partial charge is 0.0539 e. The molecule has 0 unspecified atom stereocenters. The van der Waals surface area contributed by atoms with Gasteiger partial charge in [-0.2, -0.15) is 0 Å². The second-order valence-corrected chi connectivity index (χ2v) is 2.66. The van der Waals surface area contributed by atoms with E-state index in [-0.39, 0.29) is 6.15 Å². The first-order valence-corrected chi connectivity index (χ1v) is 2.28. The van der Waals surface area contributed by atoms with Gasteiger partial charge in [0, 0.05) is 5.41 Å². The maximum absolute atomic E-state index is 4.94. The normalized spacial score (nSPS) is 24.9. The summed E-state index contributed by atoms with van der Waals surface area (Å²) in [6.07, 6.45) is 0. The summed E-state index contributed by atoms with van der Waals surface area (Å²) in [5.74, 6) is 0. The molecule has 1 fully saturated rings. The van der Waals surface area contributed by atoms with Gasteiger partial charge in [0.15, 0.2) is 0 Å². The van der Waals surface area contributed by atoms with Crippen molar-refractivity contribution in [2.45, 2.75) is 13.8 Å². The van der Waals surface area contributed by atoms with Crippen molar-refractivity contribution in [3.8, 4) is 0 Å². The Labute approximate surface area is 44.4 Å². The third-order valence-electron chi connectivity index (χ3n) is 0.986. The Morgan fingerprint density at radius 2 is 1.57 bits per heavy atom. The van der Waals surface area contributed by atoms with Gasteiger partial charge in [0.2, 0.25) is 0 Å². The van der Waals surface area contributed by atoms with Gasteiger partial charge in [0.25, 0.3) is 0 Å². The number of rotatable bonds is 0. The molecule has 0 aliphatic carbocycles. The Balaban J connectivity index is 0.000000360. The van der Waals surface area contributed by atoms with E-state index in [2.05, 4.69) is 13.8 Å². The minimum atomic E-state index is 0. The molecule has 0 aromatic rings. The first kappa shape index (κ1) is 6.92. The van der Waals surface area contributed by atoms with Crippen LogP contribution >= 0.6 is 0 Å². The highest BCUT2D eigenvalue weighted by Gasteiger charge is 2.26. The van der Waals surface area contributed by atoms with Gasteiger partial charge >= 0.3 is 0 Å². The van der Waals surface area contributed by atoms with Crippen molar-refractivity contribution in [1.82, 2.24) is 6.15 Å². The summed E-state index contributed by atoms with van der Waals surface area (Å²) in [6, 6.07) is 0. The molecule has 44 valence electrons. The molecule has 1 rings (SSSR count). The average molecular weight is 103 g/mol. The molecule has 1 aliphatic heterocycles. The molecule has 7 heavy (non-hydrogen) atoms. The largest absolute Gasteiger partial charge is 0.380 e. The molecule has 1 heterocycles. The Morgan fingerprint density at radius 3 is 1.57 bits per heavy atom. The summed E-state index contributed by atoms with van der Waals surface area (Å²) in [4.78, 5) is 0. The van der Waals surface area contributed by atoms with E-state index in [0.717, 1.165) is 13.2 Å². The van der Waals surface area contributed by atoms with Crippen LogP contribution in [0.5, 0.6) is 0 Å². The molecule has 0 atom stereocenters. The van der Waals surface area contributed by atoms with Crippen molar-refractivity contribution in [1.29, 1.82) is 0 Å². The van der Waals surface area contributed by atoms with E-state index in [4.69, 9.17) is 4.74 Å². The molecule has 1 saturated heterocycles. The van der Waals surface area contributed by atoms with Gasteiger partial charge in [-0.05, 0) is 0 Å². The van der Waals surface area contributed by atoms with Crippen molar-refractivity contribution in [2.75, 3.05) is 13.2 Å². The van der Waals surface area contributed by atoms with Crippen molar-refractivity contribution in [3.63, 3.8) is 0 Å². The minimum Gasteiger partial charge on any atom is -0.380 e. The third kappa shape index (κ3) is 1.45. The lowest BCUT2D eigenvalue weighted by Gasteiger charge is -2.33. The second kappa shape index (κ2) is 1.80. The molecule has 0 amide bonds. The quantitative estimate of drug-likeness (QED) is 0.500. The van der Waals surface area contributed by atoms with Crippen LogP contribution in [0.25, 0.3) is 0 Å². The predicted octanol–water partition coefficient (Wildman–Crippen LogP) is 1.20. The highest BCUT2D eigenvalue weighted by molar-refractivity contribution is 4.73. The topological polar surface area (TPSA) is 44.2 Å². The fourth-order valence-corrected chi connectivity index (χ4v) is 0.510. The van der Waals surface area contributed by atoms with Gasteiger partial charge in [-0.1, -0.05) is 13.8 Å². The standard InChI is InChI=1S/C5H10O.H3N/c1-5(2)3-6-4-5;/h3-4H2,1-2H3;1H3. The highest BCUT2D eigenvalue weighted by atomic mass is 16.5. The molecule has 3 N–H and O–H groups in total. The fraction of sp³-hybridized carbons (Fsp3) is 1.00. The Hall–Kier alpha value is -0.0800. The fourth-order valence-electron chi connectivity index (χ4n) is 0.510.